The molecule has 0 atom stereocenters. The maximum absolute atomic E-state index is 12.2. The van der Waals surface area contributed by atoms with E-state index in [-0.39, 0.29) is 26.2 Å². The van der Waals surface area contributed by atoms with Gasteiger partial charge in [-0.2, -0.15) is 0 Å². The van der Waals surface area contributed by atoms with Crippen LogP contribution in [0.15, 0.2) is 0 Å². The van der Waals surface area contributed by atoms with E-state index >= 15 is 0 Å². The quantitative estimate of drug-likeness (QED) is 0.186. The summed E-state index contributed by atoms with van der Waals surface area (Å²) in [5.41, 5.74) is 5.33. The average Bonchev–Trinajstić information content (AvgIpc) is 2.49. The van der Waals surface area contributed by atoms with Gasteiger partial charge in [0.2, 0.25) is 5.91 Å². The second-order valence-corrected chi connectivity index (χ2v) is 5.60. The third-order valence-electron chi connectivity index (χ3n) is 3.25. The van der Waals surface area contributed by atoms with Crippen molar-refractivity contribution in [3.8, 4) is 0 Å². The van der Waals surface area contributed by atoms with Gasteiger partial charge in [-0.05, 0) is 0 Å². The van der Waals surface area contributed by atoms with Gasteiger partial charge in [0.15, 0.2) is 0 Å². The first-order chi connectivity index (χ1) is 12.5. The zero-order valence-corrected chi connectivity index (χ0v) is 14.6. The van der Waals surface area contributed by atoms with E-state index in [1.54, 1.807) is 0 Å². The molecule has 0 aliphatic rings. The molecule has 0 radical (unpaired) electrons. The molecule has 0 unspecified atom stereocenters. The molecule has 27 heavy (non-hydrogen) atoms. The van der Waals surface area contributed by atoms with Crippen LogP contribution in [0.2, 0.25) is 0 Å². The highest BCUT2D eigenvalue weighted by atomic mass is 16.4. The number of carboxylic acids is 4. The Balaban J connectivity index is 5.00. The van der Waals surface area contributed by atoms with Gasteiger partial charge in [-0.1, -0.05) is 0 Å². The lowest BCUT2D eigenvalue weighted by Crippen LogP contribution is -2.48. The summed E-state index contributed by atoms with van der Waals surface area (Å²) in [5, 5.41) is 35.4. The molecule has 0 aromatic heterocycles. The van der Waals surface area contributed by atoms with E-state index in [1.165, 1.54) is 0 Å². The lowest BCUT2D eigenvalue weighted by molar-refractivity contribution is -0.146. The predicted molar refractivity (Wildman–Crippen MR) is 89.1 cm³/mol. The first-order valence-electron chi connectivity index (χ1n) is 7.84. The number of hydrogen-bond donors (Lipinski definition) is 5. The van der Waals surface area contributed by atoms with Gasteiger partial charge in [0.25, 0.3) is 0 Å². The summed E-state index contributed by atoms with van der Waals surface area (Å²) >= 11 is 0. The lowest BCUT2D eigenvalue weighted by atomic mass is 10.3. The summed E-state index contributed by atoms with van der Waals surface area (Å²) in [6, 6.07) is 0. The lowest BCUT2D eigenvalue weighted by Gasteiger charge is -2.27. The Morgan fingerprint density at radius 2 is 0.963 bits per heavy atom. The summed E-state index contributed by atoms with van der Waals surface area (Å²) in [4.78, 5) is 58.8. The SMILES string of the molecule is NCCN(CC(=O)O)C(=O)CN(CCN(CC(=O)O)CC(=O)O)CC(=O)O. The fraction of sp³-hybridized carbons (Fsp3) is 0.643. The number of carbonyl (C=O) groups excluding carboxylic acids is 1. The molecule has 0 heterocycles. The molecule has 0 aromatic rings. The Bertz CT molecular complexity index is 539. The molecule has 13 nitrogen and oxygen atoms in total. The highest BCUT2D eigenvalue weighted by Crippen LogP contribution is 1.98. The third-order valence-corrected chi connectivity index (χ3v) is 3.25. The second kappa shape index (κ2) is 12.6. The van der Waals surface area contributed by atoms with Crippen LogP contribution in [-0.4, -0.2) is 124 Å². The molecule has 13 heteroatoms. The Hall–Kier alpha value is -2.77. The summed E-state index contributed by atoms with van der Waals surface area (Å²) in [6.45, 7) is -2.98. The average molecular weight is 392 g/mol. The molecule has 0 saturated heterocycles. The summed E-state index contributed by atoms with van der Waals surface area (Å²) in [5.74, 6) is -5.68. The van der Waals surface area contributed by atoms with Gasteiger partial charge < -0.3 is 31.1 Å². The number of nitrogens with two attached hydrogens (primary N) is 1. The molecule has 0 aliphatic carbocycles. The van der Waals surface area contributed by atoms with Crippen LogP contribution in [0.3, 0.4) is 0 Å². The van der Waals surface area contributed by atoms with Crippen LogP contribution < -0.4 is 5.73 Å². The molecule has 6 N–H and O–H groups in total. The van der Waals surface area contributed by atoms with Crippen molar-refractivity contribution in [3.63, 3.8) is 0 Å². The van der Waals surface area contributed by atoms with Crippen molar-refractivity contribution in [2.75, 3.05) is 58.9 Å². The maximum Gasteiger partial charge on any atom is 0.323 e. The van der Waals surface area contributed by atoms with Crippen LogP contribution in [0.5, 0.6) is 0 Å². The van der Waals surface area contributed by atoms with Crippen molar-refractivity contribution in [2.24, 2.45) is 5.73 Å². The van der Waals surface area contributed by atoms with E-state index in [4.69, 9.17) is 26.2 Å². The first-order valence-corrected chi connectivity index (χ1v) is 7.84. The smallest absolute Gasteiger partial charge is 0.323 e. The largest absolute Gasteiger partial charge is 0.480 e. The summed E-state index contributed by atoms with van der Waals surface area (Å²) in [6.07, 6.45) is 0. The summed E-state index contributed by atoms with van der Waals surface area (Å²) in [7, 11) is 0. The number of nitrogens with zero attached hydrogens (tertiary/aromatic N) is 3. The first kappa shape index (κ1) is 24.2. The van der Waals surface area contributed by atoms with E-state index in [0.717, 1.165) is 14.7 Å². The zero-order chi connectivity index (χ0) is 21.0. The Morgan fingerprint density at radius 3 is 1.30 bits per heavy atom. The molecule has 0 aromatic carbocycles. The predicted octanol–water partition coefficient (Wildman–Crippen LogP) is -3.28. The van der Waals surface area contributed by atoms with Gasteiger partial charge >= 0.3 is 23.9 Å². The van der Waals surface area contributed by atoms with E-state index in [1.807, 2.05) is 0 Å². The van der Waals surface area contributed by atoms with Crippen molar-refractivity contribution in [3.05, 3.63) is 0 Å². The number of aliphatic carboxylic acids is 4. The minimum atomic E-state index is -1.26. The van der Waals surface area contributed by atoms with Gasteiger partial charge in [0.1, 0.15) is 6.54 Å². The van der Waals surface area contributed by atoms with Gasteiger partial charge in [-0.3, -0.25) is 33.8 Å². The van der Waals surface area contributed by atoms with E-state index in [0.29, 0.717) is 0 Å². The Labute approximate surface area is 154 Å². The van der Waals surface area contributed by atoms with Crippen molar-refractivity contribution >= 4 is 29.8 Å². The molecule has 154 valence electrons. The molecule has 0 spiro atoms. The number of carbonyl (C=O) groups is 5. The van der Waals surface area contributed by atoms with Crippen LogP contribution in [0, 0.1) is 0 Å². The fourth-order valence-corrected chi connectivity index (χ4v) is 2.19. The topological polar surface area (TPSA) is 202 Å². The minimum absolute atomic E-state index is 0.0168. The van der Waals surface area contributed by atoms with E-state index in [2.05, 4.69) is 0 Å². The van der Waals surface area contributed by atoms with Gasteiger partial charge in [-0.15, -0.1) is 0 Å². The van der Waals surface area contributed by atoms with Crippen molar-refractivity contribution in [1.29, 1.82) is 0 Å². The molecule has 0 fully saturated rings. The van der Waals surface area contributed by atoms with Gasteiger partial charge in [-0.25, -0.2) is 0 Å². The van der Waals surface area contributed by atoms with Crippen molar-refractivity contribution in [2.45, 2.75) is 0 Å². The second-order valence-electron chi connectivity index (χ2n) is 5.60. The Kier molecular flexibility index (Phi) is 11.3. The molecular formula is C14H24N4O9. The monoisotopic (exact) mass is 392 g/mol. The standard InChI is InChI=1S/C14H24N4O9/c15-1-2-18(9-14(26)27)10(19)5-16(6-11(20)21)3-4-17(7-12(22)23)8-13(24)25/h1-9,15H2,(H,20,21)(H,22,23)(H,24,25)(H,26,27). The number of amides is 1. The highest BCUT2D eigenvalue weighted by molar-refractivity contribution is 5.83. The molecule has 0 saturated carbocycles. The van der Waals surface area contributed by atoms with E-state index in [9.17, 15) is 24.0 Å². The molecule has 0 bridgehead atoms. The van der Waals surface area contributed by atoms with Crippen LogP contribution in [0.25, 0.3) is 0 Å². The van der Waals surface area contributed by atoms with Crippen LogP contribution >= 0.6 is 0 Å². The highest BCUT2D eigenvalue weighted by Gasteiger charge is 2.22. The fourth-order valence-electron chi connectivity index (χ4n) is 2.19. The maximum atomic E-state index is 12.2. The van der Waals surface area contributed by atoms with Crippen LogP contribution in [-0.2, 0) is 24.0 Å². The molecular weight excluding hydrogens is 368 g/mol. The summed E-state index contributed by atoms with van der Waals surface area (Å²) < 4.78 is 0. The minimum Gasteiger partial charge on any atom is -0.480 e. The van der Waals surface area contributed by atoms with Crippen molar-refractivity contribution in [1.82, 2.24) is 14.7 Å². The van der Waals surface area contributed by atoms with Crippen LogP contribution in [0.1, 0.15) is 0 Å². The van der Waals surface area contributed by atoms with Gasteiger partial charge in [0.05, 0.1) is 26.2 Å². The molecule has 0 aliphatic heterocycles. The molecule has 1 amide bonds. The molecule has 0 rings (SSSR count). The van der Waals surface area contributed by atoms with E-state index < -0.39 is 62.5 Å². The number of rotatable bonds is 15. The number of hydrogen-bond acceptors (Lipinski definition) is 8. The van der Waals surface area contributed by atoms with Crippen LogP contribution in [0.4, 0.5) is 0 Å². The third kappa shape index (κ3) is 12.3. The normalized spacial score (nSPS) is 10.8. The van der Waals surface area contributed by atoms with Crippen molar-refractivity contribution < 1.29 is 44.4 Å². The zero-order valence-electron chi connectivity index (χ0n) is 14.6. The van der Waals surface area contributed by atoms with Gasteiger partial charge in [0, 0.05) is 26.2 Å². The Morgan fingerprint density at radius 1 is 0.593 bits per heavy atom. The number of carboxylic acid groups (broad SMARTS) is 4.